The van der Waals surface area contributed by atoms with Crippen molar-refractivity contribution in [3.63, 3.8) is 0 Å². The van der Waals surface area contributed by atoms with Gasteiger partial charge in [-0.15, -0.1) is 0 Å². The number of anilines is 1. The first kappa shape index (κ1) is 8.87. The highest BCUT2D eigenvalue weighted by molar-refractivity contribution is 5.26. The molecule has 74 valence electrons. The van der Waals surface area contributed by atoms with E-state index in [1.807, 2.05) is 36.9 Å². The smallest absolute Gasteiger partial charge is 0.202 e. The Kier molecular flexibility index (Phi) is 2.26. The lowest BCUT2D eigenvalue weighted by Gasteiger charge is -2.02. The van der Waals surface area contributed by atoms with Crippen molar-refractivity contribution < 1.29 is 4.42 Å². The highest BCUT2D eigenvalue weighted by Gasteiger charge is 2.00. The van der Waals surface area contributed by atoms with Gasteiger partial charge in [-0.05, 0) is 19.1 Å². The van der Waals surface area contributed by atoms with E-state index < -0.39 is 0 Å². The zero-order valence-corrected chi connectivity index (χ0v) is 8.32. The first-order valence-corrected chi connectivity index (χ1v) is 4.52. The highest BCUT2D eigenvalue weighted by atomic mass is 16.3. The fourth-order valence-electron chi connectivity index (χ4n) is 1.28. The molecule has 2 aromatic rings. The Hall–Kier alpha value is -1.71. The van der Waals surface area contributed by atoms with Crippen LogP contribution in [0.5, 0.6) is 0 Å². The second-order valence-electron chi connectivity index (χ2n) is 3.23. The molecule has 0 spiro atoms. The molecule has 1 N–H and O–H groups in total. The van der Waals surface area contributed by atoms with Crippen LogP contribution in [0.1, 0.15) is 11.5 Å². The number of imidazole rings is 1. The minimum absolute atomic E-state index is 0.665. The zero-order chi connectivity index (χ0) is 9.97. The topological polar surface area (TPSA) is 43.0 Å². The lowest BCUT2D eigenvalue weighted by molar-refractivity contribution is 0.490. The van der Waals surface area contributed by atoms with Gasteiger partial charge >= 0.3 is 0 Å². The Morgan fingerprint density at radius 2 is 2.36 bits per heavy atom. The molecule has 0 aliphatic carbocycles. The van der Waals surface area contributed by atoms with E-state index in [4.69, 9.17) is 4.42 Å². The molecule has 0 saturated carbocycles. The molecular formula is C10H13N3O. The van der Waals surface area contributed by atoms with Gasteiger partial charge in [0.15, 0.2) is 0 Å². The summed E-state index contributed by atoms with van der Waals surface area (Å²) in [6.07, 6.45) is 3.66. The Morgan fingerprint density at radius 1 is 1.50 bits per heavy atom. The van der Waals surface area contributed by atoms with Crippen LogP contribution in [-0.2, 0) is 13.6 Å². The molecular weight excluding hydrogens is 178 g/mol. The van der Waals surface area contributed by atoms with Gasteiger partial charge in [-0.3, -0.25) is 0 Å². The predicted octanol–water partition coefficient (Wildman–Crippen LogP) is 1.93. The van der Waals surface area contributed by atoms with Crippen LogP contribution in [0.4, 0.5) is 5.95 Å². The van der Waals surface area contributed by atoms with Crippen molar-refractivity contribution in [3.05, 3.63) is 36.0 Å². The van der Waals surface area contributed by atoms with E-state index >= 15 is 0 Å². The van der Waals surface area contributed by atoms with Crippen molar-refractivity contribution in [1.82, 2.24) is 9.55 Å². The van der Waals surface area contributed by atoms with Crippen LogP contribution >= 0.6 is 0 Å². The molecule has 2 aromatic heterocycles. The number of rotatable bonds is 3. The van der Waals surface area contributed by atoms with E-state index in [-0.39, 0.29) is 0 Å². The first-order valence-electron chi connectivity index (χ1n) is 4.52. The summed E-state index contributed by atoms with van der Waals surface area (Å²) in [5.74, 6) is 2.70. The molecule has 2 heterocycles. The maximum absolute atomic E-state index is 5.42. The molecule has 4 heteroatoms. The maximum Gasteiger partial charge on any atom is 0.202 e. The fraction of sp³-hybridized carbons (Fsp3) is 0.300. The number of aryl methyl sites for hydroxylation is 2. The van der Waals surface area contributed by atoms with Crippen LogP contribution in [-0.4, -0.2) is 9.55 Å². The standard InChI is InChI=1S/C10H13N3O/c1-8-3-4-9(14-8)7-12-10-11-5-6-13(10)2/h3-6H,7H2,1-2H3,(H,11,12). The van der Waals surface area contributed by atoms with E-state index in [0.29, 0.717) is 6.54 Å². The van der Waals surface area contributed by atoms with Gasteiger partial charge in [-0.2, -0.15) is 0 Å². The van der Waals surface area contributed by atoms with Crippen molar-refractivity contribution in [3.8, 4) is 0 Å². The van der Waals surface area contributed by atoms with E-state index in [9.17, 15) is 0 Å². The van der Waals surface area contributed by atoms with Gasteiger partial charge in [0.25, 0.3) is 0 Å². The summed E-state index contributed by atoms with van der Waals surface area (Å²) in [4.78, 5) is 4.15. The van der Waals surface area contributed by atoms with Gasteiger partial charge in [0, 0.05) is 19.4 Å². The van der Waals surface area contributed by atoms with E-state index in [1.54, 1.807) is 6.20 Å². The van der Waals surface area contributed by atoms with Crippen molar-refractivity contribution >= 4 is 5.95 Å². The lowest BCUT2D eigenvalue weighted by Crippen LogP contribution is -2.03. The molecule has 0 radical (unpaired) electrons. The average molecular weight is 191 g/mol. The van der Waals surface area contributed by atoms with E-state index in [1.165, 1.54) is 0 Å². The number of hydrogen-bond donors (Lipinski definition) is 1. The molecule has 0 aliphatic rings. The van der Waals surface area contributed by atoms with Crippen LogP contribution in [0.3, 0.4) is 0 Å². The number of aromatic nitrogens is 2. The van der Waals surface area contributed by atoms with Crippen molar-refractivity contribution in [1.29, 1.82) is 0 Å². The second-order valence-corrected chi connectivity index (χ2v) is 3.23. The minimum atomic E-state index is 0.665. The third-order valence-electron chi connectivity index (χ3n) is 2.04. The van der Waals surface area contributed by atoms with Crippen LogP contribution in [0.2, 0.25) is 0 Å². The predicted molar refractivity (Wildman–Crippen MR) is 54.0 cm³/mol. The monoisotopic (exact) mass is 191 g/mol. The Morgan fingerprint density at radius 3 is 2.93 bits per heavy atom. The number of nitrogens with one attached hydrogen (secondary N) is 1. The molecule has 0 unspecified atom stereocenters. The second kappa shape index (κ2) is 3.57. The third-order valence-corrected chi connectivity index (χ3v) is 2.04. The summed E-state index contributed by atoms with van der Waals surface area (Å²) in [6.45, 7) is 2.60. The van der Waals surface area contributed by atoms with E-state index in [0.717, 1.165) is 17.5 Å². The van der Waals surface area contributed by atoms with Crippen LogP contribution in [0.25, 0.3) is 0 Å². The first-order chi connectivity index (χ1) is 6.75. The SMILES string of the molecule is Cc1ccc(CNc2nccn2C)o1. The summed E-state index contributed by atoms with van der Waals surface area (Å²) in [5, 5.41) is 3.18. The van der Waals surface area contributed by atoms with Gasteiger partial charge in [0.2, 0.25) is 5.95 Å². The van der Waals surface area contributed by atoms with Crippen LogP contribution in [0.15, 0.2) is 28.9 Å². The van der Waals surface area contributed by atoms with Gasteiger partial charge in [-0.25, -0.2) is 4.98 Å². The molecule has 14 heavy (non-hydrogen) atoms. The summed E-state index contributed by atoms with van der Waals surface area (Å²) < 4.78 is 7.35. The highest BCUT2D eigenvalue weighted by Crippen LogP contribution is 2.08. The van der Waals surface area contributed by atoms with Gasteiger partial charge in [0.1, 0.15) is 11.5 Å². The van der Waals surface area contributed by atoms with Crippen molar-refractivity contribution in [2.24, 2.45) is 7.05 Å². The summed E-state index contributed by atoms with van der Waals surface area (Å²) in [7, 11) is 1.95. The molecule has 0 aromatic carbocycles. The molecule has 2 rings (SSSR count). The van der Waals surface area contributed by atoms with Crippen LogP contribution < -0.4 is 5.32 Å². The van der Waals surface area contributed by atoms with Crippen molar-refractivity contribution in [2.45, 2.75) is 13.5 Å². The summed E-state index contributed by atoms with van der Waals surface area (Å²) in [6, 6.07) is 3.92. The third kappa shape index (κ3) is 1.79. The average Bonchev–Trinajstić information content (AvgIpc) is 2.72. The maximum atomic E-state index is 5.42. The van der Waals surface area contributed by atoms with Crippen molar-refractivity contribution in [2.75, 3.05) is 5.32 Å². The van der Waals surface area contributed by atoms with E-state index in [2.05, 4.69) is 10.3 Å². The van der Waals surface area contributed by atoms with Crippen LogP contribution in [0, 0.1) is 6.92 Å². The number of hydrogen-bond acceptors (Lipinski definition) is 3. The van der Waals surface area contributed by atoms with Gasteiger partial charge in [0.05, 0.1) is 6.54 Å². The molecule has 4 nitrogen and oxygen atoms in total. The quantitative estimate of drug-likeness (QED) is 0.806. The van der Waals surface area contributed by atoms with Gasteiger partial charge < -0.3 is 14.3 Å². The molecule has 0 fully saturated rings. The Bertz CT molecular complexity index is 416. The Labute approximate surface area is 82.6 Å². The zero-order valence-electron chi connectivity index (χ0n) is 8.32. The summed E-state index contributed by atoms with van der Waals surface area (Å²) >= 11 is 0. The molecule has 0 saturated heterocycles. The fourth-order valence-corrected chi connectivity index (χ4v) is 1.28. The molecule has 0 amide bonds. The molecule has 0 atom stereocenters. The lowest BCUT2D eigenvalue weighted by atomic mass is 10.4. The normalized spacial score (nSPS) is 10.4. The number of furan rings is 1. The number of nitrogens with zero attached hydrogens (tertiary/aromatic N) is 2. The Balaban J connectivity index is 1.98. The molecule has 0 bridgehead atoms. The minimum Gasteiger partial charge on any atom is -0.465 e. The van der Waals surface area contributed by atoms with Gasteiger partial charge in [-0.1, -0.05) is 0 Å². The molecule has 0 aliphatic heterocycles. The largest absolute Gasteiger partial charge is 0.465 e. The summed E-state index contributed by atoms with van der Waals surface area (Å²) in [5.41, 5.74) is 0.